The zero-order valence-electron chi connectivity index (χ0n) is 16.0. The molecular weight excluding hydrogens is 356 g/mol. The molecule has 8 heteroatoms. The van der Waals surface area contributed by atoms with Crippen molar-refractivity contribution < 1.29 is 0 Å². The van der Waals surface area contributed by atoms with Crippen LogP contribution in [-0.2, 0) is 13.0 Å². The number of nitrogens with zero attached hydrogens (tertiary/aromatic N) is 4. The second kappa shape index (κ2) is 8.48. The molecule has 2 N–H and O–H groups in total. The summed E-state index contributed by atoms with van der Waals surface area (Å²) in [5.74, 6) is 1.56. The van der Waals surface area contributed by atoms with Crippen LogP contribution in [0.1, 0.15) is 36.8 Å². The van der Waals surface area contributed by atoms with Gasteiger partial charge in [-0.25, -0.2) is 9.97 Å². The third-order valence-electron chi connectivity index (χ3n) is 4.42. The molecule has 3 aromatic heterocycles. The molecule has 8 nitrogen and oxygen atoms in total. The Labute approximate surface area is 161 Å². The van der Waals surface area contributed by atoms with Gasteiger partial charge in [-0.2, -0.15) is 5.26 Å². The van der Waals surface area contributed by atoms with E-state index in [-0.39, 0.29) is 11.1 Å². The van der Waals surface area contributed by atoms with E-state index in [9.17, 15) is 9.59 Å². The van der Waals surface area contributed by atoms with Crippen LogP contribution in [0.5, 0.6) is 0 Å². The van der Waals surface area contributed by atoms with E-state index in [4.69, 9.17) is 5.26 Å². The van der Waals surface area contributed by atoms with Crippen molar-refractivity contribution in [1.82, 2.24) is 19.5 Å². The molecule has 144 valence electrons. The molecule has 0 aliphatic rings. The molecule has 0 unspecified atom stereocenters. The Morgan fingerprint density at radius 3 is 2.86 bits per heavy atom. The molecule has 3 aromatic rings. The van der Waals surface area contributed by atoms with E-state index in [1.807, 2.05) is 13.0 Å². The maximum atomic E-state index is 12.7. The normalized spacial score (nSPS) is 10.8. The van der Waals surface area contributed by atoms with Crippen LogP contribution < -0.4 is 16.4 Å². The average Bonchev–Trinajstić information content (AvgIpc) is 2.67. The summed E-state index contributed by atoms with van der Waals surface area (Å²) in [6, 6.07) is 6.69. The van der Waals surface area contributed by atoms with E-state index in [1.54, 1.807) is 22.9 Å². The molecule has 0 saturated carbocycles. The number of hydrogen-bond acceptors (Lipinski definition) is 6. The number of fused-ring (bicyclic) bond motifs is 1. The number of hydrogen-bond donors (Lipinski definition) is 2. The Morgan fingerprint density at radius 1 is 1.29 bits per heavy atom. The van der Waals surface area contributed by atoms with Gasteiger partial charge in [-0.1, -0.05) is 13.3 Å². The second-order valence-electron chi connectivity index (χ2n) is 6.61. The summed E-state index contributed by atoms with van der Waals surface area (Å²) in [4.78, 5) is 35.9. The highest BCUT2D eigenvalue weighted by Crippen LogP contribution is 2.09. The van der Waals surface area contributed by atoms with Crippen molar-refractivity contribution >= 4 is 16.7 Å². The van der Waals surface area contributed by atoms with Gasteiger partial charge in [0, 0.05) is 37.5 Å². The van der Waals surface area contributed by atoms with E-state index in [1.165, 1.54) is 6.07 Å². The summed E-state index contributed by atoms with van der Waals surface area (Å²) >= 11 is 0. The van der Waals surface area contributed by atoms with E-state index >= 15 is 0 Å². The summed E-state index contributed by atoms with van der Waals surface area (Å²) in [7, 11) is 0. The topological polar surface area (TPSA) is 116 Å². The van der Waals surface area contributed by atoms with Gasteiger partial charge in [0.25, 0.3) is 11.1 Å². The van der Waals surface area contributed by atoms with Crippen LogP contribution in [0.3, 0.4) is 0 Å². The number of anilines is 1. The van der Waals surface area contributed by atoms with Crippen LogP contribution in [0.15, 0.2) is 34.0 Å². The molecule has 0 atom stereocenters. The fourth-order valence-corrected chi connectivity index (χ4v) is 2.97. The Hall–Kier alpha value is -3.47. The Morgan fingerprint density at radius 2 is 2.11 bits per heavy atom. The zero-order chi connectivity index (χ0) is 20.1. The lowest BCUT2D eigenvalue weighted by Crippen LogP contribution is -2.25. The zero-order valence-corrected chi connectivity index (χ0v) is 16.0. The molecule has 0 bridgehead atoms. The monoisotopic (exact) mass is 378 g/mol. The number of nitriles is 1. The average molecular weight is 378 g/mol. The first-order valence-electron chi connectivity index (χ1n) is 9.27. The lowest BCUT2D eigenvalue weighted by Gasteiger charge is -2.10. The number of aryl methyl sites for hydroxylation is 2. The Kier molecular flexibility index (Phi) is 5.84. The molecule has 0 fully saturated rings. The van der Waals surface area contributed by atoms with Crippen LogP contribution in [0.2, 0.25) is 0 Å². The highest BCUT2D eigenvalue weighted by molar-refractivity contribution is 5.78. The summed E-state index contributed by atoms with van der Waals surface area (Å²) < 4.78 is 1.54. The SMILES string of the molecule is CCCCc1nc(C)cc(NCCn2ccc3[nH]c(=O)c(C#N)cc3c2=O)n1. The maximum absolute atomic E-state index is 12.7. The van der Waals surface area contributed by atoms with Gasteiger partial charge >= 0.3 is 0 Å². The van der Waals surface area contributed by atoms with Crippen molar-refractivity contribution in [3.8, 4) is 6.07 Å². The van der Waals surface area contributed by atoms with Crippen molar-refractivity contribution in [3.63, 3.8) is 0 Å². The van der Waals surface area contributed by atoms with Crippen molar-refractivity contribution in [2.45, 2.75) is 39.7 Å². The van der Waals surface area contributed by atoms with E-state index < -0.39 is 5.56 Å². The standard InChI is InChI=1S/C20H22N6O2/c1-3-4-5-17-23-13(2)10-18(25-17)22-7-9-26-8-6-16-15(20(26)28)11-14(12-21)19(27)24-16/h6,8,10-11H,3-5,7,9H2,1-2H3,(H,24,27)(H,22,23,25). The first-order valence-corrected chi connectivity index (χ1v) is 9.27. The highest BCUT2D eigenvalue weighted by atomic mass is 16.1. The van der Waals surface area contributed by atoms with Gasteiger partial charge in [-0.3, -0.25) is 9.59 Å². The number of pyridine rings is 2. The highest BCUT2D eigenvalue weighted by Gasteiger charge is 2.08. The molecule has 0 aromatic carbocycles. The van der Waals surface area contributed by atoms with Crippen molar-refractivity contribution in [2.24, 2.45) is 0 Å². The van der Waals surface area contributed by atoms with Crippen LogP contribution in [0.25, 0.3) is 10.9 Å². The molecule has 0 aliphatic carbocycles. The fourth-order valence-electron chi connectivity index (χ4n) is 2.97. The van der Waals surface area contributed by atoms with Crippen LogP contribution in [0.4, 0.5) is 5.82 Å². The molecule has 0 aliphatic heterocycles. The minimum atomic E-state index is -0.494. The first kappa shape index (κ1) is 19.3. The summed E-state index contributed by atoms with van der Waals surface area (Å²) in [6.45, 7) is 4.99. The minimum Gasteiger partial charge on any atom is -0.368 e. The van der Waals surface area contributed by atoms with Gasteiger partial charge in [0.15, 0.2) is 0 Å². The number of unbranched alkanes of at least 4 members (excludes halogenated alkanes) is 1. The van der Waals surface area contributed by atoms with Crippen LogP contribution >= 0.6 is 0 Å². The fraction of sp³-hybridized carbons (Fsp3) is 0.350. The molecule has 0 radical (unpaired) electrons. The van der Waals surface area contributed by atoms with Gasteiger partial charge < -0.3 is 14.9 Å². The number of nitrogens with one attached hydrogen (secondary N) is 2. The molecule has 28 heavy (non-hydrogen) atoms. The Bertz CT molecular complexity index is 1160. The molecule has 0 saturated heterocycles. The molecule has 0 spiro atoms. The van der Waals surface area contributed by atoms with Gasteiger partial charge in [-0.05, 0) is 25.5 Å². The quantitative estimate of drug-likeness (QED) is 0.650. The molecule has 0 amide bonds. The number of aromatic amines is 1. The second-order valence-corrected chi connectivity index (χ2v) is 6.61. The molecule has 3 heterocycles. The third-order valence-corrected chi connectivity index (χ3v) is 4.42. The number of aromatic nitrogens is 4. The van der Waals surface area contributed by atoms with Crippen LogP contribution in [0, 0.1) is 18.3 Å². The summed E-state index contributed by atoms with van der Waals surface area (Å²) in [5.41, 5.74) is 0.502. The van der Waals surface area contributed by atoms with Crippen molar-refractivity contribution in [3.05, 3.63) is 62.2 Å². The van der Waals surface area contributed by atoms with Gasteiger partial charge in [0.2, 0.25) is 0 Å². The largest absolute Gasteiger partial charge is 0.368 e. The van der Waals surface area contributed by atoms with Gasteiger partial charge in [0.1, 0.15) is 23.3 Å². The van der Waals surface area contributed by atoms with Crippen molar-refractivity contribution in [2.75, 3.05) is 11.9 Å². The smallest absolute Gasteiger partial charge is 0.266 e. The molecular formula is C20H22N6O2. The number of H-pyrrole nitrogens is 1. The lowest BCUT2D eigenvalue weighted by atomic mass is 10.2. The summed E-state index contributed by atoms with van der Waals surface area (Å²) in [5, 5.41) is 12.6. The first-order chi connectivity index (χ1) is 13.5. The van der Waals surface area contributed by atoms with Crippen LogP contribution in [-0.4, -0.2) is 26.1 Å². The minimum absolute atomic E-state index is 0.0726. The van der Waals surface area contributed by atoms with E-state index in [2.05, 4.69) is 27.2 Å². The maximum Gasteiger partial charge on any atom is 0.266 e. The third kappa shape index (κ3) is 4.26. The predicted molar refractivity (Wildman–Crippen MR) is 107 cm³/mol. The Balaban J connectivity index is 1.76. The molecule has 3 rings (SSSR count). The van der Waals surface area contributed by atoms with Gasteiger partial charge in [-0.15, -0.1) is 0 Å². The number of rotatable bonds is 7. The van der Waals surface area contributed by atoms with Crippen molar-refractivity contribution in [1.29, 1.82) is 5.26 Å². The summed E-state index contributed by atoms with van der Waals surface area (Å²) in [6.07, 6.45) is 4.61. The predicted octanol–water partition coefficient (Wildman–Crippen LogP) is 2.11. The van der Waals surface area contributed by atoms with Gasteiger partial charge in [0.05, 0.1) is 10.9 Å². The van der Waals surface area contributed by atoms with E-state index in [0.29, 0.717) is 24.0 Å². The van der Waals surface area contributed by atoms with E-state index in [0.717, 1.165) is 36.6 Å². The lowest BCUT2D eigenvalue weighted by molar-refractivity contribution is 0.699.